The van der Waals surface area contributed by atoms with Crippen molar-refractivity contribution < 1.29 is 8.42 Å². The number of nitrogens with zero attached hydrogens (tertiary/aromatic N) is 1. The van der Waals surface area contributed by atoms with Gasteiger partial charge in [-0.15, -0.1) is 0 Å². The predicted octanol–water partition coefficient (Wildman–Crippen LogP) is 1.85. The average molecular weight is 286 g/mol. The molecular weight excluding hydrogens is 274 g/mol. The first-order chi connectivity index (χ1) is 8.49. The van der Waals surface area contributed by atoms with Crippen LogP contribution in [0.1, 0.15) is 11.3 Å². The van der Waals surface area contributed by atoms with Crippen molar-refractivity contribution in [2.45, 2.75) is 18.4 Å². The van der Waals surface area contributed by atoms with Crippen LogP contribution in [0.25, 0.3) is 0 Å². The lowest BCUT2D eigenvalue weighted by atomic mass is 10.2. The third-order valence-electron chi connectivity index (χ3n) is 2.43. The van der Waals surface area contributed by atoms with Gasteiger partial charge in [-0.1, -0.05) is 11.6 Å². The summed E-state index contributed by atoms with van der Waals surface area (Å²) in [6, 6.07) is 4.67. The van der Waals surface area contributed by atoms with Crippen LogP contribution in [0, 0.1) is 6.92 Å². The predicted molar refractivity (Wildman–Crippen MR) is 68.8 cm³/mol. The maximum atomic E-state index is 12.1. The monoisotopic (exact) mass is 285 g/mol. The van der Waals surface area contributed by atoms with Gasteiger partial charge in [-0.2, -0.15) is 0 Å². The molecule has 0 fully saturated rings. The fourth-order valence-corrected chi connectivity index (χ4v) is 3.00. The van der Waals surface area contributed by atoms with E-state index in [1.54, 1.807) is 25.3 Å². The zero-order valence-electron chi connectivity index (χ0n) is 9.64. The molecule has 2 rings (SSSR count). The zero-order valence-corrected chi connectivity index (χ0v) is 11.2. The van der Waals surface area contributed by atoms with Crippen molar-refractivity contribution in [1.29, 1.82) is 0 Å². The van der Waals surface area contributed by atoms with Crippen LogP contribution in [0.4, 0.5) is 0 Å². The van der Waals surface area contributed by atoms with Crippen molar-refractivity contribution >= 4 is 21.6 Å². The number of aromatic nitrogens is 2. The van der Waals surface area contributed by atoms with Crippen LogP contribution >= 0.6 is 11.6 Å². The molecule has 2 N–H and O–H groups in total. The minimum atomic E-state index is -3.54. The molecule has 1 aromatic carbocycles. The minimum Gasteiger partial charge on any atom is -0.347 e. The standard InChI is InChI=1S/C11H12ClN3O2S/c1-8-4-9(12)2-3-11(8)18(16,17)15-6-10-5-13-7-14-10/h2-5,7,15H,6H2,1H3,(H,13,14). The summed E-state index contributed by atoms with van der Waals surface area (Å²) in [6.45, 7) is 1.88. The third-order valence-corrected chi connectivity index (χ3v) is 4.23. The molecule has 0 amide bonds. The number of rotatable bonds is 4. The van der Waals surface area contributed by atoms with Crippen molar-refractivity contribution in [2.75, 3.05) is 0 Å². The molecule has 0 unspecified atom stereocenters. The second-order valence-corrected chi connectivity index (χ2v) is 5.98. The molecular formula is C11H12ClN3O2S. The normalized spacial score (nSPS) is 11.7. The molecule has 7 heteroatoms. The van der Waals surface area contributed by atoms with Crippen molar-refractivity contribution in [2.24, 2.45) is 0 Å². The first-order valence-corrected chi connectivity index (χ1v) is 7.08. The molecule has 1 aromatic heterocycles. The highest BCUT2D eigenvalue weighted by Gasteiger charge is 2.16. The van der Waals surface area contributed by atoms with Crippen LogP contribution in [0.5, 0.6) is 0 Å². The Morgan fingerprint density at radius 3 is 2.83 bits per heavy atom. The number of H-pyrrole nitrogens is 1. The number of hydrogen-bond acceptors (Lipinski definition) is 3. The van der Waals surface area contributed by atoms with Gasteiger partial charge in [-0.05, 0) is 30.7 Å². The van der Waals surface area contributed by atoms with Gasteiger partial charge in [-0.25, -0.2) is 18.1 Å². The number of sulfonamides is 1. The maximum absolute atomic E-state index is 12.1. The molecule has 96 valence electrons. The van der Waals surface area contributed by atoms with Crippen LogP contribution in [-0.4, -0.2) is 18.4 Å². The smallest absolute Gasteiger partial charge is 0.241 e. The molecule has 0 saturated carbocycles. The summed E-state index contributed by atoms with van der Waals surface area (Å²) in [5, 5.41) is 0.514. The Morgan fingerprint density at radius 2 is 2.22 bits per heavy atom. The largest absolute Gasteiger partial charge is 0.347 e. The van der Waals surface area contributed by atoms with E-state index < -0.39 is 10.0 Å². The lowest BCUT2D eigenvalue weighted by Gasteiger charge is -2.08. The number of aryl methyl sites for hydroxylation is 1. The van der Waals surface area contributed by atoms with E-state index in [0.717, 1.165) is 0 Å². The van der Waals surface area contributed by atoms with Crippen molar-refractivity contribution in [3.05, 3.63) is 47.0 Å². The van der Waals surface area contributed by atoms with Gasteiger partial charge >= 0.3 is 0 Å². The Bertz CT molecular complexity index is 638. The summed E-state index contributed by atoms with van der Waals surface area (Å²) in [5.74, 6) is 0. The fraction of sp³-hybridized carbons (Fsp3) is 0.182. The number of nitrogens with one attached hydrogen (secondary N) is 2. The van der Waals surface area contributed by atoms with Crippen LogP contribution in [0.2, 0.25) is 5.02 Å². The van der Waals surface area contributed by atoms with E-state index in [1.807, 2.05) is 0 Å². The quantitative estimate of drug-likeness (QED) is 0.900. The summed E-state index contributed by atoms with van der Waals surface area (Å²) in [7, 11) is -3.54. The summed E-state index contributed by atoms with van der Waals surface area (Å²) in [5.41, 5.74) is 1.31. The van der Waals surface area contributed by atoms with Gasteiger partial charge in [0.1, 0.15) is 0 Å². The van der Waals surface area contributed by atoms with E-state index in [0.29, 0.717) is 16.3 Å². The molecule has 0 aliphatic rings. The number of aromatic amines is 1. The number of imidazole rings is 1. The van der Waals surface area contributed by atoms with E-state index in [1.165, 1.54) is 12.4 Å². The van der Waals surface area contributed by atoms with Crippen molar-refractivity contribution in [3.8, 4) is 0 Å². The van der Waals surface area contributed by atoms with Gasteiger partial charge in [-0.3, -0.25) is 0 Å². The highest BCUT2D eigenvalue weighted by atomic mass is 35.5. The van der Waals surface area contributed by atoms with Crippen LogP contribution in [0.3, 0.4) is 0 Å². The van der Waals surface area contributed by atoms with Gasteiger partial charge in [0.05, 0.1) is 17.8 Å². The van der Waals surface area contributed by atoms with Crippen molar-refractivity contribution in [3.63, 3.8) is 0 Å². The molecule has 0 spiro atoms. The van der Waals surface area contributed by atoms with Gasteiger partial charge in [0.2, 0.25) is 10.0 Å². The zero-order chi connectivity index (χ0) is 13.2. The van der Waals surface area contributed by atoms with Crippen LogP contribution in [-0.2, 0) is 16.6 Å². The Hall–Kier alpha value is -1.37. The van der Waals surface area contributed by atoms with E-state index in [4.69, 9.17) is 11.6 Å². The van der Waals surface area contributed by atoms with E-state index in [9.17, 15) is 8.42 Å². The second-order valence-electron chi connectivity index (χ2n) is 3.81. The first kappa shape index (κ1) is 13.1. The van der Waals surface area contributed by atoms with Crippen molar-refractivity contribution in [1.82, 2.24) is 14.7 Å². The van der Waals surface area contributed by atoms with Gasteiger partial charge < -0.3 is 4.98 Å². The molecule has 0 aliphatic heterocycles. The highest BCUT2D eigenvalue weighted by Crippen LogP contribution is 2.19. The topological polar surface area (TPSA) is 74.8 Å². The molecule has 0 saturated heterocycles. The summed E-state index contributed by atoms with van der Waals surface area (Å²) >= 11 is 5.80. The summed E-state index contributed by atoms with van der Waals surface area (Å²) < 4.78 is 26.6. The summed E-state index contributed by atoms with van der Waals surface area (Å²) in [4.78, 5) is 6.87. The lowest BCUT2D eigenvalue weighted by Crippen LogP contribution is -2.24. The average Bonchev–Trinajstić information content (AvgIpc) is 2.78. The molecule has 2 aromatic rings. The van der Waals surface area contributed by atoms with Crippen LogP contribution in [0.15, 0.2) is 35.6 Å². The molecule has 18 heavy (non-hydrogen) atoms. The molecule has 0 atom stereocenters. The number of hydrogen-bond donors (Lipinski definition) is 2. The molecule has 0 bridgehead atoms. The lowest BCUT2D eigenvalue weighted by molar-refractivity contribution is 0.580. The summed E-state index contributed by atoms with van der Waals surface area (Å²) in [6.07, 6.45) is 3.06. The molecule has 1 heterocycles. The number of benzene rings is 1. The number of halogens is 1. The maximum Gasteiger partial charge on any atom is 0.241 e. The Kier molecular flexibility index (Phi) is 3.70. The molecule has 0 radical (unpaired) electrons. The fourth-order valence-electron chi connectivity index (χ4n) is 1.55. The van der Waals surface area contributed by atoms with Gasteiger partial charge in [0.15, 0.2) is 0 Å². The second kappa shape index (κ2) is 5.09. The van der Waals surface area contributed by atoms with Crippen LogP contribution < -0.4 is 4.72 Å². The third kappa shape index (κ3) is 2.90. The van der Waals surface area contributed by atoms with E-state index in [2.05, 4.69) is 14.7 Å². The Balaban J connectivity index is 2.20. The van der Waals surface area contributed by atoms with E-state index in [-0.39, 0.29) is 11.4 Å². The SMILES string of the molecule is Cc1cc(Cl)ccc1S(=O)(=O)NCc1cnc[nH]1. The highest BCUT2D eigenvalue weighted by molar-refractivity contribution is 7.89. The molecule has 5 nitrogen and oxygen atoms in total. The Morgan fingerprint density at radius 1 is 1.44 bits per heavy atom. The van der Waals surface area contributed by atoms with E-state index >= 15 is 0 Å². The molecule has 0 aliphatic carbocycles. The first-order valence-electron chi connectivity index (χ1n) is 5.22. The van der Waals surface area contributed by atoms with Gasteiger partial charge in [0, 0.05) is 16.9 Å². The minimum absolute atomic E-state index is 0.171. The van der Waals surface area contributed by atoms with Gasteiger partial charge in [0.25, 0.3) is 0 Å². The Labute approximate surface area is 110 Å².